The Balaban J connectivity index is 0.000000244. The third kappa shape index (κ3) is 4.34. The fourth-order valence-corrected chi connectivity index (χ4v) is 6.80. The summed E-state index contributed by atoms with van der Waals surface area (Å²) in [7, 11) is 0. The molecule has 0 aromatic carbocycles. The van der Waals surface area contributed by atoms with Crippen LogP contribution in [0.5, 0.6) is 0 Å². The molecule has 3 saturated carbocycles. The molecule has 0 spiro atoms. The molecule has 6 nitrogen and oxygen atoms in total. The highest BCUT2D eigenvalue weighted by Gasteiger charge is 2.58. The maximum Gasteiger partial charge on any atom is 0.303 e. The monoisotopic (exact) mass is 420 g/mol. The molecule has 0 amide bonds. The molecular weight excluding hydrogens is 384 g/mol. The Kier molecular flexibility index (Phi) is 6.75. The van der Waals surface area contributed by atoms with Crippen molar-refractivity contribution in [2.24, 2.45) is 28.6 Å². The van der Waals surface area contributed by atoms with Crippen LogP contribution in [-0.4, -0.2) is 39.1 Å². The standard InChI is InChI=1S/C19H28O2.C5H8O4/c1-18-9-7-13(20)11-12(18)3-4-14-15-5-6-17(21)19(15,2)10-8-16(14)18;6-4(7)2-1-3-5(8)9/h3,13-16,20H,4-11H2,1-2H3;1-3H2,(H,6,7)(H,8,9)/t13-,14-,15-,16-,18-,19-;/m0./s1. The summed E-state index contributed by atoms with van der Waals surface area (Å²) in [4.78, 5) is 31.9. The molecule has 30 heavy (non-hydrogen) atoms. The fourth-order valence-electron chi connectivity index (χ4n) is 6.80. The van der Waals surface area contributed by atoms with Crippen molar-refractivity contribution in [3.63, 3.8) is 0 Å². The lowest BCUT2D eigenvalue weighted by atomic mass is 9.48. The molecule has 3 fully saturated rings. The summed E-state index contributed by atoms with van der Waals surface area (Å²) >= 11 is 0. The van der Waals surface area contributed by atoms with Crippen molar-refractivity contribution in [1.29, 1.82) is 0 Å². The van der Waals surface area contributed by atoms with Crippen LogP contribution in [0, 0.1) is 28.6 Å². The highest BCUT2D eigenvalue weighted by atomic mass is 16.4. The predicted molar refractivity (Wildman–Crippen MR) is 112 cm³/mol. The number of aliphatic hydroxyl groups is 1. The van der Waals surface area contributed by atoms with Gasteiger partial charge in [0.25, 0.3) is 0 Å². The molecule has 6 atom stereocenters. The van der Waals surface area contributed by atoms with E-state index < -0.39 is 11.9 Å². The van der Waals surface area contributed by atoms with Gasteiger partial charge in [0, 0.05) is 24.7 Å². The Morgan fingerprint density at radius 2 is 1.60 bits per heavy atom. The lowest BCUT2D eigenvalue weighted by Crippen LogP contribution is -2.50. The number of ketones is 1. The van der Waals surface area contributed by atoms with Crippen LogP contribution in [0.2, 0.25) is 0 Å². The molecule has 0 bridgehead atoms. The van der Waals surface area contributed by atoms with Crippen molar-refractivity contribution in [3.8, 4) is 0 Å². The number of allylic oxidation sites excluding steroid dienone is 1. The second-order valence-corrected chi connectivity index (χ2v) is 10.2. The second-order valence-electron chi connectivity index (χ2n) is 10.2. The van der Waals surface area contributed by atoms with Gasteiger partial charge in [0.2, 0.25) is 0 Å². The third-order valence-corrected chi connectivity index (χ3v) is 8.57. The van der Waals surface area contributed by atoms with E-state index in [0.717, 1.165) is 50.9 Å². The molecular formula is C24H36O6. The van der Waals surface area contributed by atoms with E-state index in [1.165, 1.54) is 12.0 Å². The highest BCUT2D eigenvalue weighted by Crippen LogP contribution is 2.63. The molecule has 0 heterocycles. The topological polar surface area (TPSA) is 112 Å². The van der Waals surface area contributed by atoms with Gasteiger partial charge in [0.15, 0.2) is 0 Å². The highest BCUT2D eigenvalue weighted by molar-refractivity contribution is 5.87. The first kappa shape index (κ1) is 23.0. The number of carbonyl (C=O) groups excluding carboxylic acids is 1. The number of carbonyl (C=O) groups is 3. The Bertz CT molecular complexity index is 713. The van der Waals surface area contributed by atoms with Gasteiger partial charge in [-0.15, -0.1) is 0 Å². The summed E-state index contributed by atoms with van der Waals surface area (Å²) in [5.74, 6) is 0.704. The minimum Gasteiger partial charge on any atom is -0.481 e. The van der Waals surface area contributed by atoms with Crippen molar-refractivity contribution in [3.05, 3.63) is 11.6 Å². The number of fused-ring (bicyclic) bond motifs is 5. The Hall–Kier alpha value is -1.69. The molecule has 0 aromatic rings. The minimum absolute atomic E-state index is 0.0168. The zero-order valence-corrected chi connectivity index (χ0v) is 18.2. The van der Waals surface area contributed by atoms with E-state index in [4.69, 9.17) is 10.2 Å². The molecule has 0 unspecified atom stereocenters. The normalized spacial score (nSPS) is 39.6. The average molecular weight is 421 g/mol. The Morgan fingerprint density at radius 3 is 2.23 bits per heavy atom. The van der Waals surface area contributed by atoms with Crippen molar-refractivity contribution in [1.82, 2.24) is 0 Å². The molecule has 0 aromatic heterocycles. The second kappa shape index (κ2) is 8.81. The summed E-state index contributed by atoms with van der Waals surface area (Å²) in [6.45, 7) is 4.69. The van der Waals surface area contributed by atoms with E-state index in [1.54, 1.807) is 0 Å². The minimum atomic E-state index is -0.948. The number of aliphatic carboxylic acids is 2. The number of hydrogen-bond donors (Lipinski definition) is 3. The van der Waals surface area contributed by atoms with Gasteiger partial charge >= 0.3 is 11.9 Å². The molecule has 168 valence electrons. The first-order chi connectivity index (χ1) is 14.1. The number of aliphatic hydroxyl groups excluding tert-OH is 1. The molecule has 0 saturated heterocycles. The lowest BCUT2D eigenvalue weighted by molar-refractivity contribution is -0.138. The van der Waals surface area contributed by atoms with E-state index in [1.807, 2.05) is 0 Å². The smallest absolute Gasteiger partial charge is 0.303 e. The van der Waals surface area contributed by atoms with Gasteiger partial charge in [-0.3, -0.25) is 14.4 Å². The van der Waals surface area contributed by atoms with E-state index >= 15 is 0 Å². The molecule has 3 N–H and O–H groups in total. The third-order valence-electron chi connectivity index (χ3n) is 8.57. The van der Waals surface area contributed by atoms with Crippen LogP contribution in [-0.2, 0) is 14.4 Å². The van der Waals surface area contributed by atoms with E-state index in [9.17, 15) is 19.5 Å². The number of carboxylic acids is 2. The molecule has 0 aliphatic heterocycles. The van der Waals surface area contributed by atoms with Crippen LogP contribution >= 0.6 is 0 Å². The molecule has 0 radical (unpaired) electrons. The number of Topliss-reactive ketones (excluding diaryl/α,β-unsaturated/α-hetero) is 1. The van der Waals surface area contributed by atoms with Gasteiger partial charge in [-0.2, -0.15) is 0 Å². The van der Waals surface area contributed by atoms with Crippen molar-refractivity contribution in [2.45, 2.75) is 90.6 Å². The molecule has 4 aliphatic carbocycles. The van der Waals surface area contributed by atoms with E-state index in [2.05, 4.69) is 19.9 Å². The Morgan fingerprint density at radius 1 is 1.00 bits per heavy atom. The van der Waals surface area contributed by atoms with Gasteiger partial charge < -0.3 is 15.3 Å². The maximum absolute atomic E-state index is 12.4. The largest absolute Gasteiger partial charge is 0.481 e. The summed E-state index contributed by atoms with van der Waals surface area (Å²) in [6.07, 6.45) is 10.8. The molecule has 6 heteroatoms. The average Bonchev–Trinajstić information content (AvgIpc) is 2.97. The van der Waals surface area contributed by atoms with Crippen LogP contribution in [0.3, 0.4) is 0 Å². The first-order valence-electron chi connectivity index (χ1n) is 11.4. The van der Waals surface area contributed by atoms with Crippen molar-refractivity contribution in [2.75, 3.05) is 0 Å². The predicted octanol–water partition coefficient (Wildman–Crippen LogP) is 4.21. The lowest BCUT2D eigenvalue weighted by Gasteiger charge is -2.56. The zero-order valence-electron chi connectivity index (χ0n) is 18.2. The Labute approximate surface area is 178 Å². The van der Waals surface area contributed by atoms with Crippen LogP contribution in [0.4, 0.5) is 0 Å². The fraction of sp³-hybridized carbons (Fsp3) is 0.792. The number of rotatable bonds is 4. The van der Waals surface area contributed by atoms with Crippen molar-refractivity contribution >= 4 is 17.7 Å². The van der Waals surface area contributed by atoms with Crippen LogP contribution in [0.15, 0.2) is 11.6 Å². The van der Waals surface area contributed by atoms with E-state index in [0.29, 0.717) is 23.0 Å². The summed E-state index contributed by atoms with van der Waals surface area (Å²) < 4.78 is 0. The van der Waals surface area contributed by atoms with Crippen LogP contribution < -0.4 is 0 Å². The number of carboxylic acid groups (broad SMARTS) is 2. The maximum atomic E-state index is 12.4. The molecule has 4 aliphatic rings. The van der Waals surface area contributed by atoms with Gasteiger partial charge in [-0.1, -0.05) is 25.5 Å². The van der Waals surface area contributed by atoms with Gasteiger partial charge in [0.1, 0.15) is 5.78 Å². The SMILES string of the molecule is C[C@]12CC[C@H](O)CC1=CC[C@@H]1[C@@H]2CC[C@]2(C)C(=O)CC[C@@H]12.O=C(O)CCCC(=O)O. The zero-order chi connectivity index (χ0) is 22.1. The quantitative estimate of drug-likeness (QED) is 0.588. The van der Waals surface area contributed by atoms with E-state index in [-0.39, 0.29) is 30.8 Å². The van der Waals surface area contributed by atoms with Crippen LogP contribution in [0.25, 0.3) is 0 Å². The van der Waals surface area contributed by atoms with Gasteiger partial charge in [-0.05, 0) is 74.5 Å². The summed E-state index contributed by atoms with van der Waals surface area (Å²) in [5, 5.41) is 26.1. The van der Waals surface area contributed by atoms with Gasteiger partial charge in [0.05, 0.1) is 6.10 Å². The summed E-state index contributed by atoms with van der Waals surface area (Å²) in [5.41, 5.74) is 1.81. The molecule has 4 rings (SSSR count). The first-order valence-corrected chi connectivity index (χ1v) is 11.4. The summed E-state index contributed by atoms with van der Waals surface area (Å²) in [6, 6.07) is 0. The van der Waals surface area contributed by atoms with Crippen molar-refractivity contribution < 1.29 is 29.7 Å². The number of hydrogen-bond acceptors (Lipinski definition) is 4. The van der Waals surface area contributed by atoms with Crippen LogP contribution in [0.1, 0.15) is 84.5 Å². The van der Waals surface area contributed by atoms with Gasteiger partial charge in [-0.25, -0.2) is 0 Å².